The number of H-pyrrole nitrogens is 1. The second-order valence-electron chi connectivity index (χ2n) is 3.63. The Morgan fingerprint density at radius 2 is 2.07 bits per heavy atom. The molecule has 1 aromatic heterocycles. The highest BCUT2D eigenvalue weighted by molar-refractivity contribution is 6.31. The zero-order chi connectivity index (χ0) is 10.7. The van der Waals surface area contributed by atoms with Gasteiger partial charge in [0.05, 0.1) is 5.69 Å². The number of benzene rings is 1. The highest BCUT2D eigenvalue weighted by Gasteiger charge is 2.01. The SMILES string of the molecule is Cc1cc(CCc2ccccc2Cl)n[nH]1. The maximum Gasteiger partial charge on any atom is 0.0628 e. The molecule has 0 amide bonds. The van der Waals surface area contributed by atoms with Crippen LogP contribution >= 0.6 is 11.6 Å². The molecule has 0 aliphatic rings. The van der Waals surface area contributed by atoms with E-state index in [2.05, 4.69) is 22.3 Å². The van der Waals surface area contributed by atoms with E-state index in [9.17, 15) is 0 Å². The first-order valence-corrected chi connectivity index (χ1v) is 5.38. The van der Waals surface area contributed by atoms with E-state index in [0.29, 0.717) is 0 Å². The second-order valence-corrected chi connectivity index (χ2v) is 4.04. The lowest BCUT2D eigenvalue weighted by Crippen LogP contribution is -1.92. The van der Waals surface area contributed by atoms with E-state index in [1.807, 2.05) is 25.1 Å². The van der Waals surface area contributed by atoms with Gasteiger partial charge in [0.25, 0.3) is 0 Å². The molecule has 1 heterocycles. The van der Waals surface area contributed by atoms with Gasteiger partial charge in [-0.05, 0) is 37.5 Å². The summed E-state index contributed by atoms with van der Waals surface area (Å²) in [5.41, 5.74) is 3.37. The van der Waals surface area contributed by atoms with Crippen LogP contribution in [0.4, 0.5) is 0 Å². The zero-order valence-electron chi connectivity index (χ0n) is 8.63. The van der Waals surface area contributed by atoms with Gasteiger partial charge in [0.15, 0.2) is 0 Å². The van der Waals surface area contributed by atoms with E-state index in [1.165, 1.54) is 5.56 Å². The largest absolute Gasteiger partial charge is 0.283 e. The van der Waals surface area contributed by atoms with Gasteiger partial charge in [-0.25, -0.2) is 0 Å². The van der Waals surface area contributed by atoms with Crippen LogP contribution in [0.1, 0.15) is 17.0 Å². The van der Waals surface area contributed by atoms with Crippen LogP contribution in [0.25, 0.3) is 0 Å². The molecule has 2 nitrogen and oxygen atoms in total. The summed E-state index contributed by atoms with van der Waals surface area (Å²) in [6.07, 6.45) is 1.86. The summed E-state index contributed by atoms with van der Waals surface area (Å²) in [7, 11) is 0. The third kappa shape index (κ3) is 2.60. The summed E-state index contributed by atoms with van der Waals surface area (Å²) in [4.78, 5) is 0. The van der Waals surface area contributed by atoms with Gasteiger partial charge in [-0.3, -0.25) is 5.10 Å². The summed E-state index contributed by atoms with van der Waals surface area (Å²) in [5, 5.41) is 7.97. The molecule has 1 N–H and O–H groups in total. The Morgan fingerprint density at radius 3 is 2.73 bits per heavy atom. The summed E-state index contributed by atoms with van der Waals surface area (Å²) in [5.74, 6) is 0. The lowest BCUT2D eigenvalue weighted by atomic mass is 10.1. The van der Waals surface area contributed by atoms with E-state index < -0.39 is 0 Å². The highest BCUT2D eigenvalue weighted by Crippen LogP contribution is 2.16. The number of rotatable bonds is 3. The van der Waals surface area contributed by atoms with Crippen molar-refractivity contribution < 1.29 is 0 Å². The predicted molar refractivity (Wildman–Crippen MR) is 62.2 cm³/mol. The number of aryl methyl sites for hydroxylation is 3. The van der Waals surface area contributed by atoms with Gasteiger partial charge in [0.1, 0.15) is 0 Å². The average Bonchev–Trinajstić information content (AvgIpc) is 2.63. The number of nitrogens with one attached hydrogen (secondary N) is 1. The maximum absolute atomic E-state index is 6.07. The molecule has 0 saturated heterocycles. The van der Waals surface area contributed by atoms with E-state index in [4.69, 9.17) is 11.6 Å². The maximum atomic E-state index is 6.07. The van der Waals surface area contributed by atoms with E-state index in [0.717, 1.165) is 29.3 Å². The lowest BCUT2D eigenvalue weighted by molar-refractivity contribution is 0.890. The molecule has 2 rings (SSSR count). The van der Waals surface area contributed by atoms with Crippen LogP contribution in [0.2, 0.25) is 5.02 Å². The summed E-state index contributed by atoms with van der Waals surface area (Å²) >= 11 is 6.07. The molecule has 0 aliphatic carbocycles. The third-order valence-corrected chi connectivity index (χ3v) is 2.74. The quantitative estimate of drug-likeness (QED) is 0.846. The topological polar surface area (TPSA) is 28.7 Å². The lowest BCUT2D eigenvalue weighted by Gasteiger charge is -2.01. The molecule has 0 bridgehead atoms. The van der Waals surface area contributed by atoms with Crippen molar-refractivity contribution in [2.24, 2.45) is 0 Å². The molecule has 0 aliphatic heterocycles. The summed E-state index contributed by atoms with van der Waals surface area (Å²) in [6.45, 7) is 2.01. The second kappa shape index (κ2) is 4.49. The Morgan fingerprint density at radius 1 is 1.27 bits per heavy atom. The number of hydrogen-bond donors (Lipinski definition) is 1. The van der Waals surface area contributed by atoms with E-state index >= 15 is 0 Å². The molecule has 1 aromatic carbocycles. The Bertz CT molecular complexity index is 448. The van der Waals surface area contributed by atoms with Gasteiger partial charge >= 0.3 is 0 Å². The first kappa shape index (κ1) is 10.2. The molecule has 0 unspecified atom stereocenters. The highest BCUT2D eigenvalue weighted by atomic mass is 35.5. The van der Waals surface area contributed by atoms with Gasteiger partial charge in [0.2, 0.25) is 0 Å². The fourth-order valence-corrected chi connectivity index (χ4v) is 1.80. The van der Waals surface area contributed by atoms with E-state index in [1.54, 1.807) is 0 Å². The van der Waals surface area contributed by atoms with Crippen molar-refractivity contribution in [2.45, 2.75) is 19.8 Å². The number of nitrogens with zero attached hydrogens (tertiary/aromatic N) is 1. The molecular weight excluding hydrogens is 208 g/mol. The Kier molecular flexibility index (Phi) is 3.07. The Labute approximate surface area is 94.3 Å². The minimum absolute atomic E-state index is 0.838. The monoisotopic (exact) mass is 220 g/mol. The van der Waals surface area contributed by atoms with Crippen LogP contribution in [-0.4, -0.2) is 10.2 Å². The van der Waals surface area contributed by atoms with Crippen LogP contribution in [0.15, 0.2) is 30.3 Å². The van der Waals surface area contributed by atoms with Crippen LogP contribution in [-0.2, 0) is 12.8 Å². The predicted octanol–water partition coefficient (Wildman–Crippen LogP) is 3.16. The van der Waals surface area contributed by atoms with Gasteiger partial charge in [0, 0.05) is 10.7 Å². The fourth-order valence-electron chi connectivity index (χ4n) is 1.57. The number of aromatic amines is 1. The smallest absolute Gasteiger partial charge is 0.0628 e. The Balaban J connectivity index is 2.02. The molecular formula is C12H13ClN2. The van der Waals surface area contributed by atoms with Crippen molar-refractivity contribution in [3.8, 4) is 0 Å². The summed E-state index contributed by atoms with van der Waals surface area (Å²) < 4.78 is 0. The van der Waals surface area contributed by atoms with Crippen LogP contribution in [0, 0.1) is 6.92 Å². The van der Waals surface area contributed by atoms with Crippen molar-refractivity contribution in [3.63, 3.8) is 0 Å². The van der Waals surface area contributed by atoms with Crippen LogP contribution < -0.4 is 0 Å². The van der Waals surface area contributed by atoms with E-state index in [-0.39, 0.29) is 0 Å². The van der Waals surface area contributed by atoms with Crippen molar-refractivity contribution in [2.75, 3.05) is 0 Å². The zero-order valence-corrected chi connectivity index (χ0v) is 9.38. The molecule has 15 heavy (non-hydrogen) atoms. The molecule has 0 saturated carbocycles. The minimum Gasteiger partial charge on any atom is -0.283 e. The average molecular weight is 221 g/mol. The first-order valence-electron chi connectivity index (χ1n) is 5.00. The molecule has 3 heteroatoms. The van der Waals surface area contributed by atoms with Crippen LogP contribution in [0.3, 0.4) is 0 Å². The molecule has 2 aromatic rings. The number of aromatic nitrogens is 2. The van der Waals surface area contributed by atoms with Crippen molar-refractivity contribution >= 4 is 11.6 Å². The van der Waals surface area contributed by atoms with Gasteiger partial charge in [-0.15, -0.1) is 0 Å². The number of halogens is 1. The van der Waals surface area contributed by atoms with Crippen molar-refractivity contribution in [3.05, 3.63) is 52.3 Å². The Hall–Kier alpha value is -1.28. The third-order valence-electron chi connectivity index (χ3n) is 2.37. The first-order chi connectivity index (χ1) is 7.25. The van der Waals surface area contributed by atoms with Gasteiger partial charge < -0.3 is 0 Å². The van der Waals surface area contributed by atoms with Crippen LogP contribution in [0.5, 0.6) is 0 Å². The molecule has 0 fully saturated rings. The molecule has 0 atom stereocenters. The standard InChI is InChI=1S/C12H13ClN2/c1-9-8-11(15-14-9)7-6-10-4-2-3-5-12(10)13/h2-5,8H,6-7H2,1H3,(H,14,15). The normalized spacial score (nSPS) is 10.5. The fraction of sp³-hybridized carbons (Fsp3) is 0.250. The molecule has 78 valence electrons. The van der Waals surface area contributed by atoms with Crippen molar-refractivity contribution in [1.82, 2.24) is 10.2 Å². The molecule has 0 radical (unpaired) electrons. The van der Waals surface area contributed by atoms with Gasteiger partial charge in [-0.2, -0.15) is 5.10 Å². The minimum atomic E-state index is 0.838. The number of hydrogen-bond acceptors (Lipinski definition) is 1. The summed E-state index contributed by atoms with van der Waals surface area (Å²) in [6, 6.07) is 10.0. The van der Waals surface area contributed by atoms with Crippen molar-refractivity contribution in [1.29, 1.82) is 0 Å². The molecule has 0 spiro atoms. The van der Waals surface area contributed by atoms with Gasteiger partial charge in [-0.1, -0.05) is 29.8 Å².